The third-order valence-electron chi connectivity index (χ3n) is 3.84. The molecular weight excluding hydrogens is 282 g/mol. The number of anilines is 1. The van der Waals surface area contributed by atoms with Crippen molar-refractivity contribution in [2.45, 2.75) is 37.8 Å². The Hall–Kier alpha value is -2.41. The van der Waals surface area contributed by atoms with Crippen LogP contribution in [0.1, 0.15) is 25.7 Å². The van der Waals surface area contributed by atoms with Crippen LogP contribution in [0.4, 0.5) is 10.5 Å². The van der Waals surface area contributed by atoms with Crippen LogP contribution in [0.15, 0.2) is 36.7 Å². The number of nitrogens with one attached hydrogen (secondary N) is 2. The fourth-order valence-electron chi connectivity index (χ4n) is 2.62. The van der Waals surface area contributed by atoms with E-state index in [0.717, 1.165) is 37.1 Å². The van der Waals surface area contributed by atoms with Gasteiger partial charge in [-0.3, -0.25) is 0 Å². The molecule has 0 atom stereocenters. The molecule has 1 saturated carbocycles. The number of urea groups is 1. The van der Waals surface area contributed by atoms with Gasteiger partial charge in [-0.1, -0.05) is 5.21 Å². The van der Waals surface area contributed by atoms with Gasteiger partial charge in [-0.2, -0.15) is 0 Å². The summed E-state index contributed by atoms with van der Waals surface area (Å²) in [4.78, 5) is 12.0. The predicted molar refractivity (Wildman–Crippen MR) is 81.8 cm³/mol. The molecule has 7 nitrogen and oxygen atoms in total. The van der Waals surface area contributed by atoms with Gasteiger partial charge in [0.05, 0.1) is 24.2 Å². The lowest BCUT2D eigenvalue weighted by Crippen LogP contribution is -2.40. The van der Waals surface area contributed by atoms with Crippen molar-refractivity contribution in [3.05, 3.63) is 36.7 Å². The average Bonchev–Trinajstić information content (AvgIpc) is 3.05. The highest BCUT2D eigenvalue weighted by Gasteiger charge is 2.20. The summed E-state index contributed by atoms with van der Waals surface area (Å²) in [5.74, 6) is 0. The number of aliphatic hydroxyl groups excluding tert-OH is 1. The summed E-state index contributed by atoms with van der Waals surface area (Å²) in [6.45, 7) is 0. The molecule has 0 bridgehead atoms. The molecule has 22 heavy (non-hydrogen) atoms. The van der Waals surface area contributed by atoms with Crippen LogP contribution in [-0.4, -0.2) is 38.3 Å². The molecule has 0 aliphatic heterocycles. The summed E-state index contributed by atoms with van der Waals surface area (Å²) < 4.78 is 1.65. The molecule has 116 valence electrons. The standard InChI is InChI=1S/C15H19N5O2/c21-14-7-3-12(4-8-14)18-15(22)17-11-1-5-13(6-2-11)20-10-9-16-19-20/h1-2,5-6,9-10,12,14,21H,3-4,7-8H2,(H2,17,18,22). The first-order chi connectivity index (χ1) is 10.7. The summed E-state index contributed by atoms with van der Waals surface area (Å²) in [5.41, 5.74) is 1.60. The van der Waals surface area contributed by atoms with Gasteiger partial charge in [-0.05, 0) is 49.9 Å². The first kappa shape index (κ1) is 14.5. The van der Waals surface area contributed by atoms with Crippen LogP contribution in [0.3, 0.4) is 0 Å². The highest BCUT2D eigenvalue weighted by Crippen LogP contribution is 2.18. The van der Waals surface area contributed by atoms with Crippen molar-refractivity contribution in [1.29, 1.82) is 0 Å². The Labute approximate surface area is 128 Å². The Morgan fingerprint density at radius 1 is 1.18 bits per heavy atom. The van der Waals surface area contributed by atoms with Crippen LogP contribution in [0.2, 0.25) is 0 Å². The second kappa shape index (κ2) is 6.57. The lowest BCUT2D eigenvalue weighted by molar-refractivity contribution is 0.118. The summed E-state index contributed by atoms with van der Waals surface area (Å²) in [6.07, 6.45) is 6.28. The molecule has 1 heterocycles. The van der Waals surface area contributed by atoms with E-state index in [0.29, 0.717) is 0 Å². The van der Waals surface area contributed by atoms with E-state index >= 15 is 0 Å². The van der Waals surface area contributed by atoms with E-state index in [1.54, 1.807) is 17.1 Å². The van der Waals surface area contributed by atoms with E-state index in [1.807, 2.05) is 24.3 Å². The van der Waals surface area contributed by atoms with Crippen molar-refractivity contribution in [3.8, 4) is 5.69 Å². The molecule has 3 rings (SSSR count). The SMILES string of the molecule is O=C(Nc1ccc(-n2ccnn2)cc1)NC1CCC(O)CC1. The third-order valence-corrected chi connectivity index (χ3v) is 3.84. The largest absolute Gasteiger partial charge is 0.393 e. The summed E-state index contributed by atoms with van der Waals surface area (Å²) in [7, 11) is 0. The predicted octanol–water partition coefficient (Wildman–Crippen LogP) is 1.69. The van der Waals surface area contributed by atoms with Crippen LogP contribution in [0.5, 0.6) is 0 Å². The zero-order valence-electron chi connectivity index (χ0n) is 12.1. The van der Waals surface area contributed by atoms with Crippen molar-refractivity contribution >= 4 is 11.7 Å². The van der Waals surface area contributed by atoms with Crippen LogP contribution in [-0.2, 0) is 0 Å². The van der Waals surface area contributed by atoms with Gasteiger partial charge in [0.15, 0.2) is 0 Å². The zero-order valence-corrected chi connectivity index (χ0v) is 12.1. The number of rotatable bonds is 3. The van der Waals surface area contributed by atoms with Crippen molar-refractivity contribution in [2.75, 3.05) is 5.32 Å². The smallest absolute Gasteiger partial charge is 0.319 e. The maximum atomic E-state index is 12.0. The van der Waals surface area contributed by atoms with Crippen LogP contribution < -0.4 is 10.6 Å². The van der Waals surface area contributed by atoms with Gasteiger partial charge < -0.3 is 15.7 Å². The number of hydrogen-bond acceptors (Lipinski definition) is 4. The Morgan fingerprint density at radius 2 is 1.91 bits per heavy atom. The summed E-state index contributed by atoms with van der Waals surface area (Å²) in [6, 6.07) is 7.29. The lowest BCUT2D eigenvalue weighted by atomic mass is 9.93. The quantitative estimate of drug-likeness (QED) is 0.804. The van der Waals surface area contributed by atoms with E-state index in [2.05, 4.69) is 20.9 Å². The third kappa shape index (κ3) is 3.62. The number of aliphatic hydroxyl groups is 1. The maximum absolute atomic E-state index is 12.0. The molecule has 0 saturated heterocycles. The van der Waals surface area contributed by atoms with Gasteiger partial charge >= 0.3 is 6.03 Å². The lowest BCUT2D eigenvalue weighted by Gasteiger charge is -2.26. The van der Waals surface area contributed by atoms with Crippen LogP contribution in [0.25, 0.3) is 5.69 Å². The van der Waals surface area contributed by atoms with Crippen molar-refractivity contribution < 1.29 is 9.90 Å². The topological polar surface area (TPSA) is 92.1 Å². The fourth-order valence-corrected chi connectivity index (χ4v) is 2.62. The van der Waals surface area contributed by atoms with Crippen LogP contribution >= 0.6 is 0 Å². The van der Waals surface area contributed by atoms with Crippen LogP contribution in [0, 0.1) is 0 Å². The number of benzene rings is 1. The first-order valence-electron chi connectivity index (χ1n) is 7.43. The molecule has 1 aromatic carbocycles. The monoisotopic (exact) mass is 301 g/mol. The molecule has 3 N–H and O–H groups in total. The molecular formula is C15H19N5O2. The van der Waals surface area contributed by atoms with Gasteiger partial charge in [0, 0.05) is 11.7 Å². The normalized spacial score (nSPS) is 21.3. The van der Waals surface area contributed by atoms with E-state index in [1.165, 1.54) is 0 Å². The first-order valence-corrected chi connectivity index (χ1v) is 7.43. The van der Waals surface area contributed by atoms with E-state index in [4.69, 9.17) is 0 Å². The minimum absolute atomic E-state index is 0.137. The Kier molecular flexibility index (Phi) is 4.34. The zero-order chi connectivity index (χ0) is 15.4. The van der Waals surface area contributed by atoms with Crippen molar-refractivity contribution in [1.82, 2.24) is 20.3 Å². The van der Waals surface area contributed by atoms with Crippen molar-refractivity contribution in [3.63, 3.8) is 0 Å². The van der Waals surface area contributed by atoms with Crippen molar-refractivity contribution in [2.24, 2.45) is 0 Å². The Bertz CT molecular complexity index is 603. The maximum Gasteiger partial charge on any atom is 0.319 e. The second-order valence-electron chi connectivity index (χ2n) is 5.50. The second-order valence-corrected chi connectivity index (χ2v) is 5.50. The highest BCUT2D eigenvalue weighted by atomic mass is 16.3. The highest BCUT2D eigenvalue weighted by molar-refractivity contribution is 5.89. The number of hydrogen-bond donors (Lipinski definition) is 3. The Morgan fingerprint density at radius 3 is 2.55 bits per heavy atom. The minimum Gasteiger partial charge on any atom is -0.393 e. The van der Waals surface area contributed by atoms with Gasteiger partial charge in [-0.15, -0.1) is 5.10 Å². The molecule has 0 spiro atoms. The van der Waals surface area contributed by atoms with Gasteiger partial charge in [0.2, 0.25) is 0 Å². The number of nitrogens with zero attached hydrogens (tertiary/aromatic N) is 3. The molecule has 2 amide bonds. The molecule has 1 aliphatic carbocycles. The number of carbonyl (C=O) groups is 1. The van der Waals surface area contributed by atoms with Gasteiger partial charge in [0.25, 0.3) is 0 Å². The molecule has 1 fully saturated rings. The van der Waals surface area contributed by atoms with Gasteiger partial charge in [-0.25, -0.2) is 9.48 Å². The number of aromatic nitrogens is 3. The minimum atomic E-state index is -0.217. The molecule has 0 unspecified atom stereocenters. The summed E-state index contributed by atoms with van der Waals surface area (Å²) in [5, 5.41) is 22.9. The molecule has 2 aromatic rings. The number of amides is 2. The molecule has 7 heteroatoms. The Balaban J connectivity index is 1.53. The van der Waals surface area contributed by atoms with E-state index in [9.17, 15) is 9.90 Å². The molecule has 1 aliphatic rings. The fraction of sp³-hybridized carbons (Fsp3) is 0.400. The average molecular weight is 301 g/mol. The summed E-state index contributed by atoms with van der Waals surface area (Å²) >= 11 is 0. The molecule has 1 aromatic heterocycles. The van der Waals surface area contributed by atoms with E-state index in [-0.39, 0.29) is 18.2 Å². The number of carbonyl (C=O) groups excluding carboxylic acids is 1. The molecule has 0 radical (unpaired) electrons. The van der Waals surface area contributed by atoms with Gasteiger partial charge in [0.1, 0.15) is 0 Å². The van der Waals surface area contributed by atoms with E-state index < -0.39 is 0 Å².